The van der Waals surface area contributed by atoms with Gasteiger partial charge >= 0.3 is 0 Å². The zero-order valence-corrected chi connectivity index (χ0v) is 14.5. The van der Waals surface area contributed by atoms with Crippen LogP contribution in [0.1, 0.15) is 18.0 Å². The fraction of sp³-hybridized carbons (Fsp3) is 0.278. The first-order valence-corrected chi connectivity index (χ1v) is 11.1. The van der Waals surface area contributed by atoms with Gasteiger partial charge < -0.3 is 9.33 Å². The Hall–Kier alpha value is -2.14. The normalized spacial score (nSPS) is 17.8. The lowest BCUT2D eigenvalue weighted by molar-refractivity contribution is -0.124. The second-order valence-corrected chi connectivity index (χ2v) is 11.2. The Labute approximate surface area is 136 Å². The van der Waals surface area contributed by atoms with Crippen LogP contribution in [0.5, 0.6) is 5.75 Å². The summed E-state index contributed by atoms with van der Waals surface area (Å²) in [4.78, 5) is 13.7. The zero-order chi connectivity index (χ0) is 16.6. The van der Waals surface area contributed by atoms with Crippen LogP contribution in [0.15, 0.2) is 48.5 Å². The van der Waals surface area contributed by atoms with Crippen molar-refractivity contribution in [3.8, 4) is 5.75 Å². The number of amides is 1. The summed E-state index contributed by atoms with van der Waals surface area (Å²) in [5.74, 6) is 0.627. The summed E-state index contributed by atoms with van der Waals surface area (Å²) >= 11 is 0. The minimum absolute atomic E-state index is 0.00823. The van der Waals surface area contributed by atoms with Gasteiger partial charge in [0.25, 0.3) is 0 Å². The number of carbonyl (C=O) groups excluding carboxylic acids is 1. The SMILES string of the molecule is C[Si](C)(C)Oc1ccc(C2CC(=O)N2c2ccc(F)cc2)cc1. The van der Waals surface area contributed by atoms with Gasteiger partial charge in [-0.25, -0.2) is 4.39 Å². The fourth-order valence-electron chi connectivity index (χ4n) is 2.72. The molecule has 1 fully saturated rings. The van der Waals surface area contributed by atoms with Gasteiger partial charge in [-0.05, 0) is 61.6 Å². The molecule has 2 aromatic rings. The third kappa shape index (κ3) is 3.45. The lowest BCUT2D eigenvalue weighted by Gasteiger charge is -2.40. The Balaban J connectivity index is 1.78. The van der Waals surface area contributed by atoms with Crippen molar-refractivity contribution in [1.82, 2.24) is 0 Å². The van der Waals surface area contributed by atoms with Gasteiger partial charge in [0.2, 0.25) is 14.2 Å². The van der Waals surface area contributed by atoms with Crippen molar-refractivity contribution < 1.29 is 13.6 Å². The molecule has 0 saturated carbocycles. The van der Waals surface area contributed by atoms with E-state index >= 15 is 0 Å². The van der Waals surface area contributed by atoms with E-state index in [1.165, 1.54) is 12.1 Å². The van der Waals surface area contributed by atoms with Crippen LogP contribution < -0.4 is 9.33 Å². The highest BCUT2D eigenvalue weighted by molar-refractivity contribution is 6.70. The van der Waals surface area contributed by atoms with E-state index in [2.05, 4.69) is 19.6 Å². The average Bonchev–Trinajstić information content (AvgIpc) is 2.46. The number of nitrogens with zero attached hydrogens (tertiary/aromatic N) is 1. The molecule has 2 aromatic carbocycles. The molecule has 0 aliphatic carbocycles. The monoisotopic (exact) mass is 329 g/mol. The van der Waals surface area contributed by atoms with Gasteiger partial charge in [-0.1, -0.05) is 12.1 Å². The summed E-state index contributed by atoms with van der Waals surface area (Å²) in [6.07, 6.45) is 0.478. The fourth-order valence-corrected chi connectivity index (χ4v) is 3.56. The van der Waals surface area contributed by atoms with E-state index < -0.39 is 8.32 Å². The maximum atomic E-state index is 13.1. The molecule has 1 aliphatic heterocycles. The number of hydrogen-bond acceptors (Lipinski definition) is 2. The molecule has 23 heavy (non-hydrogen) atoms. The number of benzene rings is 2. The summed E-state index contributed by atoms with van der Waals surface area (Å²) in [7, 11) is -1.62. The van der Waals surface area contributed by atoms with Crippen LogP contribution in [-0.4, -0.2) is 14.2 Å². The number of hydrogen-bond donors (Lipinski definition) is 0. The van der Waals surface area contributed by atoms with Crippen LogP contribution in [0, 0.1) is 5.82 Å². The standard InChI is InChI=1S/C18H20FNO2Si/c1-23(2,3)22-16-10-4-13(5-11-16)17-12-18(21)20(17)15-8-6-14(19)7-9-15/h4-11,17H,12H2,1-3H3. The molecule has 1 saturated heterocycles. The van der Waals surface area contributed by atoms with Crippen molar-refractivity contribution >= 4 is 19.9 Å². The molecule has 1 amide bonds. The second-order valence-electron chi connectivity index (χ2n) is 6.74. The molecule has 0 bridgehead atoms. The van der Waals surface area contributed by atoms with E-state index in [0.29, 0.717) is 6.42 Å². The molecule has 0 N–H and O–H groups in total. The Morgan fingerprint density at radius 2 is 1.65 bits per heavy atom. The van der Waals surface area contributed by atoms with E-state index in [-0.39, 0.29) is 17.8 Å². The number of rotatable bonds is 4. The van der Waals surface area contributed by atoms with Crippen LogP contribution in [0.25, 0.3) is 0 Å². The maximum Gasteiger partial charge on any atom is 0.242 e. The number of halogens is 1. The molecule has 3 rings (SSSR count). The van der Waals surface area contributed by atoms with Crippen molar-refractivity contribution in [2.45, 2.75) is 32.1 Å². The Morgan fingerprint density at radius 3 is 2.17 bits per heavy atom. The van der Waals surface area contributed by atoms with Gasteiger partial charge in [-0.15, -0.1) is 0 Å². The quantitative estimate of drug-likeness (QED) is 0.610. The minimum Gasteiger partial charge on any atom is -0.544 e. The Morgan fingerprint density at radius 1 is 1.04 bits per heavy atom. The van der Waals surface area contributed by atoms with Gasteiger partial charge in [-0.2, -0.15) is 0 Å². The maximum absolute atomic E-state index is 13.1. The molecular formula is C18H20FNO2Si. The lowest BCUT2D eigenvalue weighted by atomic mass is 9.93. The summed E-state index contributed by atoms with van der Waals surface area (Å²) in [5.41, 5.74) is 1.80. The van der Waals surface area contributed by atoms with Gasteiger partial charge in [-0.3, -0.25) is 4.79 Å². The minimum atomic E-state index is -1.62. The van der Waals surface area contributed by atoms with E-state index in [1.807, 2.05) is 24.3 Å². The molecule has 0 spiro atoms. The third-order valence-corrected chi connectivity index (χ3v) is 4.59. The first-order chi connectivity index (χ1) is 10.8. The van der Waals surface area contributed by atoms with Crippen LogP contribution in [-0.2, 0) is 4.79 Å². The molecule has 3 nitrogen and oxygen atoms in total. The van der Waals surface area contributed by atoms with Crippen LogP contribution in [0.3, 0.4) is 0 Å². The van der Waals surface area contributed by atoms with Crippen molar-refractivity contribution in [2.24, 2.45) is 0 Å². The van der Waals surface area contributed by atoms with Gasteiger partial charge in [0.05, 0.1) is 12.5 Å². The molecule has 0 radical (unpaired) electrons. The highest BCUT2D eigenvalue weighted by Crippen LogP contribution is 2.39. The molecule has 1 atom stereocenters. The predicted molar refractivity (Wildman–Crippen MR) is 91.7 cm³/mol. The van der Waals surface area contributed by atoms with Gasteiger partial charge in [0.1, 0.15) is 11.6 Å². The Bertz CT molecular complexity index is 707. The first kappa shape index (κ1) is 15.7. The predicted octanol–water partition coefficient (Wildman–Crippen LogP) is 4.52. The van der Waals surface area contributed by atoms with Crippen molar-refractivity contribution in [3.05, 3.63) is 59.9 Å². The van der Waals surface area contributed by atoms with E-state index in [9.17, 15) is 9.18 Å². The largest absolute Gasteiger partial charge is 0.544 e. The van der Waals surface area contributed by atoms with E-state index in [4.69, 9.17) is 4.43 Å². The first-order valence-electron chi connectivity index (χ1n) is 7.70. The van der Waals surface area contributed by atoms with Crippen molar-refractivity contribution in [2.75, 3.05) is 4.90 Å². The lowest BCUT2D eigenvalue weighted by Crippen LogP contribution is -2.46. The number of β-lactam (4-membered cyclic amide) rings is 1. The smallest absolute Gasteiger partial charge is 0.242 e. The third-order valence-electron chi connectivity index (χ3n) is 3.74. The van der Waals surface area contributed by atoms with Crippen LogP contribution in [0.2, 0.25) is 19.6 Å². The summed E-state index contributed by atoms with van der Waals surface area (Å²) in [6, 6.07) is 14.0. The van der Waals surface area contributed by atoms with Crippen LogP contribution in [0.4, 0.5) is 10.1 Å². The summed E-state index contributed by atoms with van der Waals surface area (Å²) < 4.78 is 19.0. The summed E-state index contributed by atoms with van der Waals surface area (Å²) in [6.45, 7) is 6.42. The molecule has 120 valence electrons. The Kier molecular flexibility index (Phi) is 3.98. The number of anilines is 1. The zero-order valence-electron chi connectivity index (χ0n) is 13.5. The molecule has 1 heterocycles. The van der Waals surface area contributed by atoms with E-state index in [1.54, 1.807) is 17.0 Å². The molecular weight excluding hydrogens is 309 g/mol. The topological polar surface area (TPSA) is 29.5 Å². The van der Waals surface area contributed by atoms with Crippen molar-refractivity contribution in [3.63, 3.8) is 0 Å². The number of carbonyl (C=O) groups is 1. The average molecular weight is 329 g/mol. The van der Waals surface area contributed by atoms with Gasteiger partial charge in [0.15, 0.2) is 0 Å². The molecule has 5 heteroatoms. The molecule has 1 unspecified atom stereocenters. The van der Waals surface area contributed by atoms with E-state index in [0.717, 1.165) is 17.0 Å². The van der Waals surface area contributed by atoms with Gasteiger partial charge in [0, 0.05) is 5.69 Å². The highest BCUT2D eigenvalue weighted by atomic mass is 28.4. The molecule has 1 aliphatic rings. The highest BCUT2D eigenvalue weighted by Gasteiger charge is 2.38. The summed E-state index contributed by atoms with van der Waals surface area (Å²) in [5, 5.41) is 0. The molecule has 0 aromatic heterocycles. The second kappa shape index (κ2) is 5.81. The van der Waals surface area contributed by atoms with Crippen LogP contribution >= 0.6 is 0 Å². The van der Waals surface area contributed by atoms with Crippen molar-refractivity contribution in [1.29, 1.82) is 0 Å².